The lowest BCUT2D eigenvalue weighted by Crippen LogP contribution is -2.41. The molecular formula is C99H195N5. The van der Waals surface area contributed by atoms with Crippen LogP contribution >= 0.6 is 0 Å². The molecule has 104 heavy (non-hydrogen) atoms. The Morgan fingerprint density at radius 2 is 0.269 bits per heavy atom. The number of nitrogens with zero attached hydrogens (tertiary/aromatic N) is 3. The van der Waals surface area contributed by atoms with Crippen molar-refractivity contribution in [3.8, 4) is 0 Å². The van der Waals surface area contributed by atoms with Gasteiger partial charge < -0.3 is 25.3 Å². The first-order valence-electron chi connectivity index (χ1n) is 48.5. The maximum Gasteiger partial charge on any atom is 0.0110 e. The molecule has 5 heteroatoms. The molecule has 0 rings (SSSR count). The first kappa shape index (κ1) is 102. The first-order valence-corrected chi connectivity index (χ1v) is 48.5. The second-order valence-corrected chi connectivity index (χ2v) is 33.1. The van der Waals surface area contributed by atoms with Crippen molar-refractivity contribution in [1.29, 1.82) is 0 Å². The smallest absolute Gasteiger partial charge is 0.0110 e. The topological polar surface area (TPSA) is 33.8 Å². The Labute approximate surface area is 657 Å². The Kier molecular flexibility index (Phi) is 94.3. The van der Waals surface area contributed by atoms with Crippen molar-refractivity contribution in [2.45, 2.75) is 490 Å². The summed E-state index contributed by atoms with van der Waals surface area (Å²) in [6, 6.07) is 0. The predicted octanol–water partition coefficient (Wildman–Crippen LogP) is 31.6. The molecule has 0 aromatic rings. The molecule has 0 unspecified atom stereocenters. The first-order chi connectivity index (χ1) is 51.7. The largest absolute Gasteiger partial charge is 0.317 e. The minimum Gasteiger partial charge on any atom is -0.317 e. The Bertz CT molecular complexity index is 1670. The number of nitrogens with one attached hydrogen (secondary N) is 2. The highest BCUT2D eigenvalue weighted by molar-refractivity contribution is 4.85. The fourth-order valence-electron chi connectivity index (χ4n) is 15.2. The number of allylic oxidation sites excluding steroid dienone is 10. The van der Waals surface area contributed by atoms with Gasteiger partial charge in [0.2, 0.25) is 0 Å². The molecule has 0 bridgehead atoms. The van der Waals surface area contributed by atoms with Crippen LogP contribution in [-0.4, -0.2) is 99.8 Å². The standard InChI is InChI=1S/C99H195N5/c1-6-11-16-21-26-31-36-41-46-51-56-61-66-71-76-81-88-101-90-86-95-103(92-83-78-73-68-63-58-53-48-43-38-33-28-23-18-13-8-3)97-99-104(93-84-79-74-69-64-59-54-49-44-39-34-29-24-19-14-9-4)98-96-102(91-82-77-72-67-62-57-52-47-42-37-32-27-22-17-12-7-2)94-85-89-100-87-80-75-70-65-60-55-50-45-40-35-30-25-20-15-10-5/h41-50,100-101H,6-40,51-99H2,1-5H3/b46-41+,47-42+,48-43+,49-44-,50-45+. The van der Waals surface area contributed by atoms with Crippen LogP contribution < -0.4 is 10.6 Å². The van der Waals surface area contributed by atoms with Crippen molar-refractivity contribution < 1.29 is 0 Å². The van der Waals surface area contributed by atoms with Gasteiger partial charge in [0, 0.05) is 26.2 Å². The van der Waals surface area contributed by atoms with Gasteiger partial charge in [-0.2, -0.15) is 0 Å². The second-order valence-electron chi connectivity index (χ2n) is 33.1. The lowest BCUT2D eigenvalue weighted by Gasteiger charge is -2.30. The molecule has 0 aliphatic carbocycles. The fourth-order valence-corrected chi connectivity index (χ4v) is 15.2. The molecule has 0 aromatic heterocycles. The van der Waals surface area contributed by atoms with Crippen LogP contribution in [0, 0.1) is 0 Å². The van der Waals surface area contributed by atoms with E-state index in [1.54, 1.807) is 0 Å². The summed E-state index contributed by atoms with van der Waals surface area (Å²) < 4.78 is 0. The van der Waals surface area contributed by atoms with E-state index >= 15 is 0 Å². The van der Waals surface area contributed by atoms with Crippen LogP contribution in [0.4, 0.5) is 0 Å². The van der Waals surface area contributed by atoms with Gasteiger partial charge in [-0.3, -0.25) is 0 Å². The maximum atomic E-state index is 3.92. The average Bonchev–Trinajstić information content (AvgIpc) is 1.11. The zero-order valence-electron chi connectivity index (χ0n) is 72.5. The highest BCUT2D eigenvalue weighted by Crippen LogP contribution is 2.18. The van der Waals surface area contributed by atoms with Crippen LogP contribution in [0.3, 0.4) is 0 Å². The SMILES string of the molecule is CCCCCCCC/C=C\CCCCCCCCN(CCN(CCCCCCCC/C=C/CCCCCCCC)CCCNCCCCCCC/C=C/CCCCCCCC)CCN(CCCCCCCC/C=C/CCCCCCCC)CCCNCCCCCCCC/C=C/CCCCCCCC. The molecule has 0 radical (unpaired) electrons. The van der Waals surface area contributed by atoms with E-state index in [9.17, 15) is 0 Å². The highest BCUT2D eigenvalue weighted by atomic mass is 15.2. The zero-order chi connectivity index (χ0) is 74.6. The summed E-state index contributed by atoms with van der Waals surface area (Å²) in [5.74, 6) is 0. The number of rotatable bonds is 93. The molecule has 0 aromatic carbocycles. The van der Waals surface area contributed by atoms with Crippen LogP contribution in [0.25, 0.3) is 0 Å². The molecule has 5 nitrogen and oxygen atoms in total. The second kappa shape index (κ2) is 95.7. The van der Waals surface area contributed by atoms with Crippen LogP contribution in [0.1, 0.15) is 490 Å². The van der Waals surface area contributed by atoms with E-state index < -0.39 is 0 Å². The van der Waals surface area contributed by atoms with E-state index in [4.69, 9.17) is 0 Å². The molecule has 0 saturated heterocycles. The molecule has 0 fully saturated rings. The van der Waals surface area contributed by atoms with Gasteiger partial charge in [0.1, 0.15) is 0 Å². The molecular weight excluding hydrogens is 1260 g/mol. The Morgan fingerprint density at radius 3 is 0.462 bits per heavy atom. The molecule has 2 N–H and O–H groups in total. The van der Waals surface area contributed by atoms with Crippen LogP contribution in [-0.2, 0) is 0 Å². The molecule has 0 spiro atoms. The van der Waals surface area contributed by atoms with E-state index in [2.05, 4.69) is 121 Å². The molecule has 0 aliphatic rings. The van der Waals surface area contributed by atoms with Gasteiger partial charge in [-0.05, 0) is 232 Å². The van der Waals surface area contributed by atoms with E-state index in [1.807, 2.05) is 0 Å². The molecule has 0 saturated carbocycles. The van der Waals surface area contributed by atoms with Gasteiger partial charge in [-0.1, -0.05) is 378 Å². The summed E-state index contributed by atoms with van der Waals surface area (Å²) in [4.78, 5) is 8.79. The molecule has 616 valence electrons. The van der Waals surface area contributed by atoms with Gasteiger partial charge in [-0.15, -0.1) is 0 Å². The van der Waals surface area contributed by atoms with E-state index in [1.165, 1.54) is 541 Å². The Hall–Kier alpha value is -1.50. The van der Waals surface area contributed by atoms with Crippen molar-refractivity contribution >= 4 is 0 Å². The molecule has 0 aliphatic heterocycles. The third-order valence-corrected chi connectivity index (χ3v) is 22.6. The zero-order valence-corrected chi connectivity index (χ0v) is 72.5. The number of hydrogen-bond acceptors (Lipinski definition) is 5. The Morgan fingerprint density at radius 1 is 0.135 bits per heavy atom. The minimum atomic E-state index is 1.17. The summed E-state index contributed by atoms with van der Waals surface area (Å²) in [6.07, 6.45) is 123. The van der Waals surface area contributed by atoms with Gasteiger partial charge in [0.05, 0.1) is 0 Å². The average molecular weight is 1460 g/mol. The number of hydrogen-bond donors (Lipinski definition) is 2. The van der Waals surface area contributed by atoms with Crippen LogP contribution in [0.5, 0.6) is 0 Å². The van der Waals surface area contributed by atoms with E-state index in [0.29, 0.717) is 0 Å². The fraction of sp³-hybridized carbons (Fsp3) is 0.899. The van der Waals surface area contributed by atoms with Crippen molar-refractivity contribution in [1.82, 2.24) is 25.3 Å². The van der Waals surface area contributed by atoms with Crippen molar-refractivity contribution in [3.63, 3.8) is 0 Å². The molecule has 0 amide bonds. The van der Waals surface area contributed by atoms with Crippen LogP contribution in [0.15, 0.2) is 60.8 Å². The Balaban J connectivity index is 5.75. The summed E-state index contributed by atoms with van der Waals surface area (Å²) in [7, 11) is 0. The minimum absolute atomic E-state index is 1.17. The lowest BCUT2D eigenvalue weighted by molar-refractivity contribution is 0.168. The summed E-state index contributed by atoms with van der Waals surface area (Å²) in [5, 5.41) is 7.83. The summed E-state index contributed by atoms with van der Waals surface area (Å²) in [5.41, 5.74) is 0. The van der Waals surface area contributed by atoms with Crippen LogP contribution in [0.2, 0.25) is 0 Å². The summed E-state index contributed by atoms with van der Waals surface area (Å²) in [6.45, 7) is 27.6. The van der Waals surface area contributed by atoms with Gasteiger partial charge in [0.15, 0.2) is 0 Å². The molecule has 0 heterocycles. The third-order valence-electron chi connectivity index (χ3n) is 22.6. The normalized spacial score (nSPS) is 12.4. The lowest BCUT2D eigenvalue weighted by atomic mass is 10.1. The number of unbranched alkanes of at least 4 members (excludes halogenated alkanes) is 59. The predicted molar refractivity (Wildman–Crippen MR) is 477 cm³/mol. The maximum absolute atomic E-state index is 3.92. The van der Waals surface area contributed by atoms with Crippen molar-refractivity contribution in [2.24, 2.45) is 0 Å². The highest BCUT2D eigenvalue weighted by Gasteiger charge is 2.14. The van der Waals surface area contributed by atoms with Gasteiger partial charge in [0.25, 0.3) is 0 Å². The van der Waals surface area contributed by atoms with Gasteiger partial charge in [-0.25, -0.2) is 0 Å². The van der Waals surface area contributed by atoms with E-state index in [0.717, 1.165) is 0 Å². The quantitative estimate of drug-likeness (QED) is 0.0469. The van der Waals surface area contributed by atoms with E-state index in [-0.39, 0.29) is 0 Å². The molecule has 0 atom stereocenters. The third kappa shape index (κ3) is 89.4. The monoisotopic (exact) mass is 1450 g/mol. The summed E-state index contributed by atoms with van der Waals surface area (Å²) >= 11 is 0. The van der Waals surface area contributed by atoms with Crippen molar-refractivity contribution in [2.75, 3.05) is 85.1 Å². The van der Waals surface area contributed by atoms with Gasteiger partial charge >= 0.3 is 0 Å². The van der Waals surface area contributed by atoms with Crippen molar-refractivity contribution in [3.05, 3.63) is 60.8 Å².